The summed E-state index contributed by atoms with van der Waals surface area (Å²) in [5.74, 6) is -0.446. The van der Waals surface area contributed by atoms with E-state index < -0.39 is 23.2 Å². The lowest BCUT2D eigenvalue weighted by molar-refractivity contribution is -0.136. The zero-order valence-corrected chi connectivity index (χ0v) is 12.2. The van der Waals surface area contributed by atoms with Gasteiger partial charge in [-0.2, -0.15) is 13.2 Å². The highest BCUT2D eigenvalue weighted by atomic mass is 19.4. The molecule has 1 aromatic carbocycles. The minimum Gasteiger partial charge on any atom is -0.350 e. The fraction of sp³-hybridized carbons (Fsp3) is 0.375. The predicted octanol–water partition coefficient (Wildman–Crippen LogP) is 2.72. The number of carbonyl (C=O) groups excluding carboxylic acids is 1. The van der Waals surface area contributed by atoms with E-state index in [1.54, 1.807) is 6.07 Å². The SMILES string of the molecule is NC(CNC(=O)c1cnc2ccccc2c1C(F)(F)F)C1CC1. The van der Waals surface area contributed by atoms with E-state index in [2.05, 4.69) is 10.3 Å². The Morgan fingerprint density at radius 2 is 2.04 bits per heavy atom. The number of rotatable bonds is 4. The molecule has 3 N–H and O–H groups in total. The van der Waals surface area contributed by atoms with Crippen LogP contribution in [0.2, 0.25) is 0 Å². The fourth-order valence-corrected chi connectivity index (χ4v) is 2.62. The van der Waals surface area contributed by atoms with Crippen molar-refractivity contribution in [1.82, 2.24) is 10.3 Å². The molecule has 3 rings (SSSR count). The summed E-state index contributed by atoms with van der Waals surface area (Å²) in [6.07, 6.45) is -1.66. The van der Waals surface area contributed by atoms with Crippen molar-refractivity contribution in [2.75, 3.05) is 6.54 Å². The van der Waals surface area contributed by atoms with Crippen LogP contribution in [0.4, 0.5) is 13.2 Å². The smallest absolute Gasteiger partial charge is 0.350 e. The number of carbonyl (C=O) groups is 1. The molecule has 1 fully saturated rings. The summed E-state index contributed by atoms with van der Waals surface area (Å²) in [5, 5.41) is 2.41. The quantitative estimate of drug-likeness (QED) is 0.909. The minimum absolute atomic E-state index is 0.0841. The molecule has 1 aliphatic carbocycles. The number of aromatic nitrogens is 1. The second kappa shape index (κ2) is 5.81. The van der Waals surface area contributed by atoms with Gasteiger partial charge in [0, 0.05) is 24.2 Å². The molecule has 1 amide bonds. The molecule has 4 nitrogen and oxygen atoms in total. The number of amides is 1. The van der Waals surface area contributed by atoms with Crippen molar-refractivity contribution in [1.29, 1.82) is 0 Å². The first kappa shape index (κ1) is 15.7. The molecule has 1 aromatic heterocycles. The average Bonchev–Trinajstić information content (AvgIpc) is 3.35. The van der Waals surface area contributed by atoms with Crippen LogP contribution in [-0.2, 0) is 6.18 Å². The highest BCUT2D eigenvalue weighted by Gasteiger charge is 2.38. The Balaban J connectivity index is 1.94. The first-order valence-electron chi connectivity index (χ1n) is 7.36. The van der Waals surface area contributed by atoms with Crippen LogP contribution in [0.25, 0.3) is 10.9 Å². The van der Waals surface area contributed by atoms with Crippen LogP contribution in [-0.4, -0.2) is 23.5 Å². The van der Waals surface area contributed by atoms with Gasteiger partial charge in [-0.15, -0.1) is 0 Å². The van der Waals surface area contributed by atoms with Gasteiger partial charge < -0.3 is 11.1 Å². The van der Waals surface area contributed by atoms with Gasteiger partial charge in [0.1, 0.15) is 0 Å². The molecule has 1 atom stereocenters. The van der Waals surface area contributed by atoms with Crippen LogP contribution in [0.5, 0.6) is 0 Å². The van der Waals surface area contributed by atoms with Crippen LogP contribution in [0.3, 0.4) is 0 Å². The summed E-state index contributed by atoms with van der Waals surface area (Å²) in [4.78, 5) is 16.2. The summed E-state index contributed by atoms with van der Waals surface area (Å²) >= 11 is 0. The number of benzene rings is 1. The van der Waals surface area contributed by atoms with E-state index in [0.29, 0.717) is 5.92 Å². The van der Waals surface area contributed by atoms with Gasteiger partial charge >= 0.3 is 6.18 Å². The molecule has 1 heterocycles. The normalized spacial score (nSPS) is 16.3. The highest BCUT2D eigenvalue weighted by Crippen LogP contribution is 2.36. The third-order valence-electron chi connectivity index (χ3n) is 4.03. The number of para-hydroxylation sites is 1. The molecule has 23 heavy (non-hydrogen) atoms. The van der Waals surface area contributed by atoms with Crippen molar-refractivity contribution < 1.29 is 18.0 Å². The first-order valence-corrected chi connectivity index (χ1v) is 7.36. The Morgan fingerprint density at radius 1 is 1.35 bits per heavy atom. The lowest BCUT2D eigenvalue weighted by Gasteiger charge is -2.16. The Kier molecular flexibility index (Phi) is 3.97. The molecule has 2 aromatic rings. The number of pyridine rings is 1. The van der Waals surface area contributed by atoms with Gasteiger partial charge in [-0.25, -0.2) is 0 Å². The molecule has 1 unspecified atom stereocenters. The number of nitrogens with zero attached hydrogens (tertiary/aromatic N) is 1. The monoisotopic (exact) mass is 323 g/mol. The topological polar surface area (TPSA) is 68.0 Å². The average molecular weight is 323 g/mol. The number of nitrogens with two attached hydrogens (primary N) is 1. The Morgan fingerprint density at radius 3 is 2.70 bits per heavy atom. The van der Waals surface area contributed by atoms with E-state index in [1.165, 1.54) is 18.2 Å². The number of alkyl halides is 3. The standard InChI is InChI=1S/C16H16F3N3O/c17-16(18,19)14-10-3-1-2-4-13(10)21-7-11(14)15(23)22-8-12(20)9-5-6-9/h1-4,7,9,12H,5-6,8,20H2,(H,22,23). The summed E-state index contributed by atoms with van der Waals surface area (Å²) in [5.41, 5.74) is 4.64. The zero-order valence-electron chi connectivity index (χ0n) is 12.2. The van der Waals surface area contributed by atoms with E-state index in [-0.39, 0.29) is 23.5 Å². The Labute approximate surface area is 130 Å². The molecule has 1 saturated carbocycles. The maximum absolute atomic E-state index is 13.4. The third-order valence-corrected chi connectivity index (χ3v) is 4.03. The number of hydrogen-bond donors (Lipinski definition) is 2. The van der Waals surface area contributed by atoms with Gasteiger partial charge in [-0.3, -0.25) is 9.78 Å². The number of hydrogen-bond acceptors (Lipinski definition) is 3. The predicted molar refractivity (Wildman–Crippen MR) is 79.8 cm³/mol. The lowest BCUT2D eigenvalue weighted by Crippen LogP contribution is -2.39. The number of nitrogens with one attached hydrogen (secondary N) is 1. The molecule has 0 spiro atoms. The largest absolute Gasteiger partial charge is 0.417 e. The molecular formula is C16H16F3N3O. The second-order valence-corrected chi connectivity index (χ2v) is 5.77. The van der Waals surface area contributed by atoms with Gasteiger partial charge in [0.15, 0.2) is 0 Å². The van der Waals surface area contributed by atoms with Gasteiger partial charge in [-0.05, 0) is 24.8 Å². The van der Waals surface area contributed by atoms with Crippen molar-refractivity contribution in [3.05, 3.63) is 41.6 Å². The maximum atomic E-state index is 13.4. The van der Waals surface area contributed by atoms with Crippen molar-refractivity contribution in [3.63, 3.8) is 0 Å². The molecule has 1 aliphatic rings. The van der Waals surface area contributed by atoms with Crippen LogP contribution in [0.1, 0.15) is 28.8 Å². The molecule has 0 aliphatic heterocycles. The van der Waals surface area contributed by atoms with Crippen LogP contribution >= 0.6 is 0 Å². The van der Waals surface area contributed by atoms with E-state index >= 15 is 0 Å². The second-order valence-electron chi connectivity index (χ2n) is 5.77. The van der Waals surface area contributed by atoms with Gasteiger partial charge in [0.2, 0.25) is 0 Å². The summed E-state index contributed by atoms with van der Waals surface area (Å²) in [7, 11) is 0. The Hall–Kier alpha value is -2.15. The summed E-state index contributed by atoms with van der Waals surface area (Å²) in [6.45, 7) is 0.160. The highest BCUT2D eigenvalue weighted by molar-refractivity contribution is 6.00. The van der Waals surface area contributed by atoms with Crippen LogP contribution in [0.15, 0.2) is 30.5 Å². The lowest BCUT2D eigenvalue weighted by atomic mass is 10.0. The molecule has 122 valence electrons. The molecular weight excluding hydrogens is 307 g/mol. The van der Waals surface area contributed by atoms with Gasteiger partial charge in [-0.1, -0.05) is 18.2 Å². The van der Waals surface area contributed by atoms with E-state index in [0.717, 1.165) is 19.0 Å². The fourth-order valence-electron chi connectivity index (χ4n) is 2.62. The third kappa shape index (κ3) is 3.29. The van der Waals surface area contributed by atoms with Crippen molar-refractivity contribution in [2.45, 2.75) is 25.1 Å². The Bertz CT molecular complexity index is 741. The van der Waals surface area contributed by atoms with Gasteiger partial charge in [0.25, 0.3) is 5.91 Å². The van der Waals surface area contributed by atoms with E-state index in [1.807, 2.05) is 0 Å². The first-order chi connectivity index (χ1) is 10.9. The molecule has 0 radical (unpaired) electrons. The summed E-state index contributed by atoms with van der Waals surface area (Å²) in [6, 6.07) is 5.67. The van der Waals surface area contributed by atoms with E-state index in [9.17, 15) is 18.0 Å². The summed E-state index contributed by atoms with van der Waals surface area (Å²) < 4.78 is 40.3. The zero-order chi connectivity index (χ0) is 16.6. The number of fused-ring (bicyclic) bond motifs is 1. The van der Waals surface area contributed by atoms with Crippen molar-refractivity contribution in [3.8, 4) is 0 Å². The van der Waals surface area contributed by atoms with Crippen LogP contribution < -0.4 is 11.1 Å². The van der Waals surface area contributed by atoms with Crippen LogP contribution in [0, 0.1) is 5.92 Å². The molecule has 7 heteroatoms. The van der Waals surface area contributed by atoms with Crippen molar-refractivity contribution >= 4 is 16.8 Å². The van der Waals surface area contributed by atoms with Crippen molar-refractivity contribution in [2.24, 2.45) is 11.7 Å². The maximum Gasteiger partial charge on any atom is 0.417 e. The van der Waals surface area contributed by atoms with E-state index in [4.69, 9.17) is 5.73 Å². The van der Waals surface area contributed by atoms with Gasteiger partial charge in [0.05, 0.1) is 16.6 Å². The molecule has 0 bridgehead atoms. The minimum atomic E-state index is -4.65. The number of halogens is 3. The molecule has 0 saturated heterocycles.